The lowest BCUT2D eigenvalue weighted by atomic mass is 10.1. The van der Waals surface area contributed by atoms with Crippen LogP contribution in [-0.4, -0.2) is 48.4 Å². The highest BCUT2D eigenvalue weighted by atomic mass is 35.5. The summed E-state index contributed by atoms with van der Waals surface area (Å²) in [6, 6.07) is 24.1. The topological polar surface area (TPSA) is 45.9 Å². The van der Waals surface area contributed by atoms with Crippen molar-refractivity contribution in [1.82, 2.24) is 9.80 Å². The van der Waals surface area contributed by atoms with E-state index in [1.54, 1.807) is 0 Å². The second-order valence-corrected chi connectivity index (χ2v) is 9.92. The van der Waals surface area contributed by atoms with Gasteiger partial charge in [-0.2, -0.15) is 0 Å². The van der Waals surface area contributed by atoms with E-state index < -0.39 is 0 Å². The Hall–Kier alpha value is -3.12. The van der Waals surface area contributed by atoms with Gasteiger partial charge in [0.25, 0.3) is 5.91 Å². The van der Waals surface area contributed by atoms with E-state index >= 15 is 0 Å². The Morgan fingerprint density at radius 1 is 0.972 bits per heavy atom. The normalized spacial score (nSPS) is 15.4. The Balaban J connectivity index is 1.24. The number of furan rings is 1. The zero-order valence-corrected chi connectivity index (χ0v) is 21.5. The van der Waals surface area contributed by atoms with Gasteiger partial charge in [-0.25, -0.2) is 0 Å². The highest BCUT2D eigenvalue weighted by Crippen LogP contribution is 2.27. The molecule has 1 saturated heterocycles. The van der Waals surface area contributed by atoms with Crippen molar-refractivity contribution >= 4 is 28.5 Å². The Bertz CT molecular complexity index is 1340. The van der Waals surface area contributed by atoms with Crippen molar-refractivity contribution in [2.45, 2.75) is 26.6 Å². The fraction of sp³-hybridized carbons (Fsp3) is 0.300. The van der Waals surface area contributed by atoms with Crippen LogP contribution in [0.2, 0.25) is 5.02 Å². The zero-order chi connectivity index (χ0) is 25.1. The summed E-state index contributed by atoms with van der Waals surface area (Å²) in [5, 5.41) is 1.71. The molecule has 1 aliphatic rings. The van der Waals surface area contributed by atoms with Gasteiger partial charge < -0.3 is 14.1 Å². The number of aryl methyl sites for hydroxylation is 2. The van der Waals surface area contributed by atoms with E-state index in [4.69, 9.17) is 20.8 Å². The molecule has 4 aromatic rings. The van der Waals surface area contributed by atoms with E-state index in [9.17, 15) is 4.79 Å². The Morgan fingerprint density at radius 3 is 2.44 bits per heavy atom. The maximum atomic E-state index is 13.2. The summed E-state index contributed by atoms with van der Waals surface area (Å²) >= 11 is 6.14. The van der Waals surface area contributed by atoms with Crippen molar-refractivity contribution in [3.05, 3.63) is 106 Å². The van der Waals surface area contributed by atoms with Gasteiger partial charge in [-0.15, -0.1) is 0 Å². The van der Waals surface area contributed by atoms with Gasteiger partial charge in [-0.1, -0.05) is 71.8 Å². The van der Waals surface area contributed by atoms with Crippen LogP contribution >= 0.6 is 11.6 Å². The lowest BCUT2D eigenvalue weighted by Gasteiger charge is -2.36. The number of fused-ring (bicyclic) bond motifs is 1. The van der Waals surface area contributed by atoms with E-state index in [0.717, 1.165) is 47.3 Å². The van der Waals surface area contributed by atoms with Gasteiger partial charge in [0.05, 0.1) is 12.7 Å². The molecule has 1 aliphatic heterocycles. The number of ether oxygens (including phenoxy) is 1. The molecule has 0 radical (unpaired) electrons. The molecule has 0 saturated carbocycles. The third-order valence-electron chi connectivity index (χ3n) is 6.90. The van der Waals surface area contributed by atoms with E-state index in [1.807, 2.05) is 60.4 Å². The largest absolute Gasteiger partial charge is 0.451 e. The van der Waals surface area contributed by atoms with Gasteiger partial charge in [-0.3, -0.25) is 9.69 Å². The highest BCUT2D eigenvalue weighted by Gasteiger charge is 2.28. The molecule has 0 N–H and O–H groups in total. The molecule has 5 nitrogen and oxygen atoms in total. The van der Waals surface area contributed by atoms with Crippen molar-refractivity contribution in [3.63, 3.8) is 0 Å². The molecule has 0 aliphatic carbocycles. The number of benzene rings is 3. The van der Waals surface area contributed by atoms with E-state index in [0.29, 0.717) is 30.5 Å². The monoisotopic (exact) mass is 502 g/mol. The van der Waals surface area contributed by atoms with E-state index in [1.165, 1.54) is 5.56 Å². The fourth-order valence-corrected chi connectivity index (χ4v) is 4.95. The molecule has 36 heavy (non-hydrogen) atoms. The van der Waals surface area contributed by atoms with Gasteiger partial charge in [-0.05, 0) is 43.2 Å². The summed E-state index contributed by atoms with van der Waals surface area (Å²) in [6.07, 6.45) is -0.0948. The number of hydrogen-bond donors (Lipinski definition) is 0. The third kappa shape index (κ3) is 5.49. The summed E-state index contributed by atoms with van der Waals surface area (Å²) in [5.41, 5.74) is 5.15. The van der Waals surface area contributed by atoms with Crippen LogP contribution < -0.4 is 0 Å². The molecule has 5 rings (SSSR count). The SMILES string of the molecule is Cc1cccc(COC(CN2CCN(C(=O)c3oc4ccccc4c3C)CC2)c2ccc(Cl)cc2)c1. The number of carbonyl (C=O) groups is 1. The molecule has 1 amide bonds. The first-order valence-corrected chi connectivity index (χ1v) is 12.8. The third-order valence-corrected chi connectivity index (χ3v) is 7.15. The standard InChI is InChI=1S/C30H31ClN2O3/c1-21-6-5-7-23(18-21)20-35-28(24-10-12-25(31)13-11-24)19-32-14-16-33(17-15-32)30(34)29-22(2)26-8-3-4-9-27(26)36-29/h3-13,18,28H,14-17,19-20H2,1-2H3. The van der Waals surface area contributed by atoms with E-state index in [2.05, 4.69) is 36.1 Å². The number of rotatable bonds is 7. The summed E-state index contributed by atoms with van der Waals surface area (Å²) in [7, 11) is 0. The molecular weight excluding hydrogens is 472 g/mol. The molecule has 186 valence electrons. The van der Waals surface area contributed by atoms with Crippen molar-refractivity contribution in [2.75, 3.05) is 32.7 Å². The van der Waals surface area contributed by atoms with Crippen molar-refractivity contribution < 1.29 is 13.9 Å². The summed E-state index contributed by atoms with van der Waals surface area (Å²) in [5.74, 6) is 0.415. The number of para-hydroxylation sites is 1. The quantitative estimate of drug-likeness (QED) is 0.292. The van der Waals surface area contributed by atoms with Crippen LogP contribution in [0.1, 0.15) is 38.9 Å². The number of nitrogens with zero attached hydrogens (tertiary/aromatic N) is 2. The van der Waals surface area contributed by atoms with E-state index in [-0.39, 0.29) is 12.0 Å². The lowest BCUT2D eigenvalue weighted by molar-refractivity contribution is 0.00310. The molecule has 1 unspecified atom stereocenters. The van der Waals surface area contributed by atoms with Crippen LogP contribution in [-0.2, 0) is 11.3 Å². The van der Waals surface area contributed by atoms with Crippen LogP contribution in [0.3, 0.4) is 0 Å². The predicted molar refractivity (Wildman–Crippen MR) is 143 cm³/mol. The minimum Gasteiger partial charge on any atom is -0.451 e. The number of carbonyl (C=O) groups excluding carboxylic acids is 1. The highest BCUT2D eigenvalue weighted by molar-refractivity contribution is 6.30. The first kappa shape index (κ1) is 24.6. The number of amides is 1. The molecule has 1 aromatic heterocycles. The van der Waals surface area contributed by atoms with Crippen molar-refractivity contribution in [3.8, 4) is 0 Å². The fourth-order valence-electron chi connectivity index (χ4n) is 4.82. The second-order valence-electron chi connectivity index (χ2n) is 9.49. The lowest BCUT2D eigenvalue weighted by Crippen LogP contribution is -2.49. The maximum Gasteiger partial charge on any atom is 0.289 e. The van der Waals surface area contributed by atoms with Crippen LogP contribution in [0.5, 0.6) is 0 Å². The predicted octanol–water partition coefficient (Wildman–Crippen LogP) is 6.42. The molecular formula is C30H31ClN2O3. The molecule has 1 atom stereocenters. The van der Waals surface area contributed by atoms with Crippen LogP contribution in [0.15, 0.2) is 77.2 Å². The van der Waals surface area contributed by atoms with Gasteiger partial charge in [0.15, 0.2) is 5.76 Å². The van der Waals surface area contributed by atoms with Gasteiger partial charge in [0.1, 0.15) is 5.58 Å². The minimum atomic E-state index is -0.0948. The van der Waals surface area contributed by atoms with Crippen LogP contribution in [0.25, 0.3) is 11.0 Å². The van der Waals surface area contributed by atoms with Gasteiger partial charge in [0.2, 0.25) is 0 Å². The molecule has 3 aromatic carbocycles. The van der Waals surface area contributed by atoms with Crippen molar-refractivity contribution in [2.24, 2.45) is 0 Å². The zero-order valence-electron chi connectivity index (χ0n) is 20.7. The van der Waals surface area contributed by atoms with Gasteiger partial charge >= 0.3 is 0 Å². The maximum absolute atomic E-state index is 13.2. The summed E-state index contributed by atoms with van der Waals surface area (Å²) < 4.78 is 12.3. The average Bonchev–Trinajstić information content (AvgIpc) is 3.23. The molecule has 1 fully saturated rings. The van der Waals surface area contributed by atoms with Crippen molar-refractivity contribution in [1.29, 1.82) is 0 Å². The second kappa shape index (κ2) is 10.9. The number of hydrogen-bond acceptors (Lipinski definition) is 4. The number of halogens is 1. The summed E-state index contributed by atoms with van der Waals surface area (Å²) in [6.45, 7) is 8.20. The minimum absolute atomic E-state index is 0.0340. The smallest absolute Gasteiger partial charge is 0.289 e. The Morgan fingerprint density at radius 2 is 1.72 bits per heavy atom. The van der Waals surface area contributed by atoms with Gasteiger partial charge in [0, 0.05) is 48.7 Å². The average molecular weight is 503 g/mol. The Labute approximate surface area is 217 Å². The molecule has 6 heteroatoms. The van der Waals surface area contributed by atoms with Crippen LogP contribution in [0.4, 0.5) is 0 Å². The first-order valence-electron chi connectivity index (χ1n) is 12.4. The first-order chi connectivity index (χ1) is 17.5. The van der Waals surface area contributed by atoms with Crippen LogP contribution in [0, 0.1) is 13.8 Å². The summed E-state index contributed by atoms with van der Waals surface area (Å²) in [4.78, 5) is 17.5. The molecule has 2 heterocycles. The molecule has 0 bridgehead atoms. The number of piperazine rings is 1. The Kier molecular flexibility index (Phi) is 7.42. The molecule has 0 spiro atoms.